The van der Waals surface area contributed by atoms with Crippen LogP contribution in [-0.4, -0.2) is 55.3 Å². The number of aliphatic hydroxyl groups excluding tert-OH is 1. The summed E-state index contributed by atoms with van der Waals surface area (Å²) in [6.07, 6.45) is 0. The summed E-state index contributed by atoms with van der Waals surface area (Å²) in [4.78, 5) is 8.45. The number of hydrogen-bond donors (Lipinski definition) is 2. The molecule has 7 heteroatoms. The van der Waals surface area contributed by atoms with Gasteiger partial charge in [0.05, 0.1) is 13.2 Å². The van der Waals surface area contributed by atoms with E-state index in [1.807, 2.05) is 29.2 Å². The number of rotatable bonds is 3. The Labute approximate surface area is 141 Å². The summed E-state index contributed by atoms with van der Waals surface area (Å²) in [5.41, 5.74) is 7.04. The van der Waals surface area contributed by atoms with E-state index in [1.165, 1.54) is 5.69 Å². The van der Waals surface area contributed by atoms with E-state index in [4.69, 9.17) is 22.4 Å². The molecule has 20 heavy (non-hydrogen) atoms. The zero-order chi connectivity index (χ0) is 13.7. The molecular weight excluding hydrogens is 391 g/mol. The van der Waals surface area contributed by atoms with Crippen LogP contribution in [0.25, 0.3) is 0 Å². The van der Waals surface area contributed by atoms with E-state index in [0.717, 1.165) is 31.2 Å². The van der Waals surface area contributed by atoms with E-state index in [9.17, 15) is 0 Å². The molecule has 0 aromatic heterocycles. The highest BCUT2D eigenvalue weighted by Gasteiger charge is 2.18. The van der Waals surface area contributed by atoms with E-state index in [-0.39, 0.29) is 30.6 Å². The van der Waals surface area contributed by atoms with Crippen LogP contribution in [0.3, 0.4) is 0 Å². The Balaban J connectivity index is 0.00000200. The highest BCUT2D eigenvalue weighted by molar-refractivity contribution is 14.0. The summed E-state index contributed by atoms with van der Waals surface area (Å²) in [7, 11) is 0. The van der Waals surface area contributed by atoms with Crippen molar-refractivity contribution in [3.8, 4) is 0 Å². The molecule has 1 saturated heterocycles. The molecule has 5 nitrogen and oxygen atoms in total. The van der Waals surface area contributed by atoms with Crippen molar-refractivity contribution in [3.63, 3.8) is 0 Å². The van der Waals surface area contributed by atoms with Crippen molar-refractivity contribution in [2.24, 2.45) is 10.7 Å². The van der Waals surface area contributed by atoms with Crippen LogP contribution in [0.4, 0.5) is 5.69 Å². The van der Waals surface area contributed by atoms with Crippen LogP contribution in [0.1, 0.15) is 0 Å². The normalized spacial score (nSPS) is 16.0. The quantitative estimate of drug-likeness (QED) is 0.449. The van der Waals surface area contributed by atoms with Crippen LogP contribution in [0.15, 0.2) is 29.3 Å². The number of piperazine rings is 1. The molecule has 112 valence electrons. The predicted molar refractivity (Wildman–Crippen MR) is 94.2 cm³/mol. The number of guanidine groups is 1. The summed E-state index contributed by atoms with van der Waals surface area (Å²) in [5, 5.41) is 9.48. The molecule has 1 aliphatic rings. The van der Waals surface area contributed by atoms with Crippen LogP contribution < -0.4 is 10.6 Å². The van der Waals surface area contributed by atoms with E-state index in [0.29, 0.717) is 12.5 Å². The molecule has 1 aromatic carbocycles. The number of nitrogens with zero attached hydrogens (tertiary/aromatic N) is 3. The van der Waals surface area contributed by atoms with Gasteiger partial charge < -0.3 is 20.6 Å². The van der Waals surface area contributed by atoms with Gasteiger partial charge in [0, 0.05) is 36.9 Å². The maximum absolute atomic E-state index is 8.73. The Bertz CT molecular complexity index is 433. The summed E-state index contributed by atoms with van der Waals surface area (Å²) in [6, 6.07) is 7.86. The molecule has 1 aromatic rings. The first-order valence-corrected chi connectivity index (χ1v) is 6.75. The third-order valence-corrected chi connectivity index (χ3v) is 3.42. The lowest BCUT2D eigenvalue weighted by atomic mass is 10.2. The van der Waals surface area contributed by atoms with Gasteiger partial charge in [-0.2, -0.15) is 0 Å². The average Bonchev–Trinajstić information content (AvgIpc) is 2.46. The van der Waals surface area contributed by atoms with E-state index < -0.39 is 0 Å². The molecule has 2 rings (SSSR count). The van der Waals surface area contributed by atoms with Gasteiger partial charge in [0.2, 0.25) is 0 Å². The molecule has 3 N–H and O–H groups in total. The Morgan fingerprint density at radius 3 is 2.35 bits per heavy atom. The molecule has 0 unspecified atom stereocenters. The first-order chi connectivity index (χ1) is 9.20. The fourth-order valence-corrected chi connectivity index (χ4v) is 2.24. The minimum Gasteiger partial charge on any atom is -0.394 e. The van der Waals surface area contributed by atoms with Gasteiger partial charge >= 0.3 is 0 Å². The van der Waals surface area contributed by atoms with Gasteiger partial charge in [-0.3, -0.25) is 4.99 Å². The average molecular weight is 411 g/mol. The second-order valence-electron chi connectivity index (χ2n) is 4.41. The fraction of sp³-hybridized carbons (Fsp3) is 0.462. The SMILES string of the molecule is I.NC(=NCCO)N1CCN(c2ccc(Cl)cc2)CC1. The Morgan fingerprint density at radius 2 is 1.80 bits per heavy atom. The van der Waals surface area contributed by atoms with E-state index >= 15 is 0 Å². The fourth-order valence-electron chi connectivity index (χ4n) is 2.11. The molecule has 0 bridgehead atoms. The standard InChI is InChI=1S/C13H19ClN4O.HI/c14-11-1-3-12(4-2-11)17-6-8-18(9-7-17)13(15)16-5-10-19;/h1-4,19H,5-10H2,(H2,15,16);1H. The molecule has 1 fully saturated rings. The highest BCUT2D eigenvalue weighted by atomic mass is 127. The molecule has 1 aliphatic heterocycles. The number of halogens is 2. The monoisotopic (exact) mass is 410 g/mol. The minimum absolute atomic E-state index is 0. The van der Waals surface area contributed by atoms with Gasteiger partial charge in [-0.15, -0.1) is 24.0 Å². The van der Waals surface area contributed by atoms with Crippen LogP contribution in [0.2, 0.25) is 5.02 Å². The second kappa shape index (κ2) is 8.53. The number of aliphatic imine (C=N–C) groups is 1. The Kier molecular flexibility index (Phi) is 7.39. The van der Waals surface area contributed by atoms with Gasteiger partial charge in [0.25, 0.3) is 0 Å². The lowest BCUT2D eigenvalue weighted by Gasteiger charge is -2.36. The predicted octanol–water partition coefficient (Wildman–Crippen LogP) is 1.39. The Morgan fingerprint density at radius 1 is 1.20 bits per heavy atom. The van der Waals surface area contributed by atoms with Crippen molar-refractivity contribution in [3.05, 3.63) is 29.3 Å². The number of benzene rings is 1. The van der Waals surface area contributed by atoms with Crippen LogP contribution >= 0.6 is 35.6 Å². The van der Waals surface area contributed by atoms with Gasteiger partial charge in [-0.1, -0.05) is 11.6 Å². The highest BCUT2D eigenvalue weighted by Crippen LogP contribution is 2.19. The number of aliphatic hydroxyl groups is 1. The first kappa shape index (κ1) is 17.3. The second-order valence-corrected chi connectivity index (χ2v) is 4.85. The topological polar surface area (TPSA) is 65.1 Å². The summed E-state index contributed by atoms with van der Waals surface area (Å²) >= 11 is 5.88. The summed E-state index contributed by atoms with van der Waals surface area (Å²) in [6.45, 7) is 3.87. The summed E-state index contributed by atoms with van der Waals surface area (Å²) in [5.74, 6) is 0.518. The van der Waals surface area contributed by atoms with Gasteiger partial charge in [-0.05, 0) is 24.3 Å². The largest absolute Gasteiger partial charge is 0.394 e. The van der Waals surface area contributed by atoms with Crippen LogP contribution in [0.5, 0.6) is 0 Å². The lowest BCUT2D eigenvalue weighted by Crippen LogP contribution is -2.51. The lowest BCUT2D eigenvalue weighted by molar-refractivity contribution is 0.305. The number of anilines is 1. The molecule has 0 aliphatic carbocycles. The van der Waals surface area contributed by atoms with Gasteiger partial charge in [0.15, 0.2) is 5.96 Å². The maximum atomic E-state index is 8.73. The number of nitrogens with two attached hydrogens (primary N) is 1. The third kappa shape index (κ3) is 4.68. The molecule has 1 heterocycles. The van der Waals surface area contributed by atoms with Crippen molar-refractivity contribution < 1.29 is 5.11 Å². The third-order valence-electron chi connectivity index (χ3n) is 3.17. The van der Waals surface area contributed by atoms with E-state index in [2.05, 4.69) is 9.89 Å². The Hall–Kier alpha value is -0.730. The van der Waals surface area contributed by atoms with Gasteiger partial charge in [0.1, 0.15) is 0 Å². The number of hydrogen-bond acceptors (Lipinski definition) is 3. The molecule has 0 radical (unpaired) electrons. The van der Waals surface area contributed by atoms with Crippen LogP contribution in [-0.2, 0) is 0 Å². The molecule has 0 amide bonds. The van der Waals surface area contributed by atoms with Crippen molar-refractivity contribution in [1.82, 2.24) is 4.90 Å². The van der Waals surface area contributed by atoms with Crippen molar-refractivity contribution in [2.75, 3.05) is 44.2 Å². The smallest absolute Gasteiger partial charge is 0.191 e. The minimum atomic E-state index is 0. The zero-order valence-corrected chi connectivity index (χ0v) is 14.3. The molecule has 0 atom stereocenters. The molecule has 0 spiro atoms. The van der Waals surface area contributed by atoms with Gasteiger partial charge in [-0.25, -0.2) is 0 Å². The maximum Gasteiger partial charge on any atom is 0.191 e. The zero-order valence-electron chi connectivity index (χ0n) is 11.2. The summed E-state index contributed by atoms with van der Waals surface area (Å²) < 4.78 is 0. The van der Waals surface area contributed by atoms with Crippen LogP contribution in [0, 0.1) is 0 Å². The van der Waals surface area contributed by atoms with Crippen molar-refractivity contribution >= 4 is 47.2 Å². The van der Waals surface area contributed by atoms with E-state index in [1.54, 1.807) is 0 Å². The first-order valence-electron chi connectivity index (χ1n) is 6.37. The van der Waals surface area contributed by atoms with Crippen molar-refractivity contribution in [1.29, 1.82) is 0 Å². The van der Waals surface area contributed by atoms with Crippen molar-refractivity contribution in [2.45, 2.75) is 0 Å². The molecule has 0 saturated carbocycles. The molecular formula is C13H20ClIN4O.